The normalized spacial score (nSPS) is 21.6. The number of halogens is 4. The van der Waals surface area contributed by atoms with Crippen LogP contribution >= 0.6 is 12.4 Å². The molecule has 0 aliphatic carbocycles. The molecule has 0 radical (unpaired) electrons. The van der Waals surface area contributed by atoms with E-state index in [2.05, 4.69) is 5.32 Å². The summed E-state index contributed by atoms with van der Waals surface area (Å²) in [6, 6.07) is 4.75. The highest BCUT2D eigenvalue weighted by Gasteiger charge is 2.37. The lowest BCUT2D eigenvalue weighted by Gasteiger charge is -2.18. The molecule has 0 aromatic heterocycles. The molecule has 1 aromatic rings. The van der Waals surface area contributed by atoms with E-state index in [4.69, 9.17) is 9.47 Å². The van der Waals surface area contributed by atoms with Crippen molar-refractivity contribution in [3.63, 3.8) is 0 Å². The maximum Gasteiger partial charge on any atom is 0.422 e. The standard InChI is InChI=1S/C18H23F3N2O3.ClH/c1-25-16-6-12(2-4-15(16)26-11-18(19,20)21)3-5-17(24)23-9-13-7-22-8-14(13)10-23;/h2,4,6,13-14,22H,3,5,7-11H2,1H3;1H/t13-,14+;. The van der Waals surface area contributed by atoms with Gasteiger partial charge in [-0.3, -0.25) is 4.79 Å². The molecule has 1 aromatic carbocycles. The molecule has 9 heteroatoms. The largest absolute Gasteiger partial charge is 0.493 e. The van der Waals surface area contributed by atoms with Crippen LogP contribution in [-0.2, 0) is 11.2 Å². The highest BCUT2D eigenvalue weighted by Crippen LogP contribution is 2.31. The number of carbonyl (C=O) groups excluding carboxylic acids is 1. The molecule has 0 unspecified atom stereocenters. The number of ether oxygens (including phenoxy) is 2. The van der Waals surface area contributed by atoms with Gasteiger partial charge in [0.05, 0.1) is 7.11 Å². The Morgan fingerprint density at radius 3 is 2.48 bits per heavy atom. The van der Waals surface area contributed by atoms with Gasteiger partial charge in [-0.05, 0) is 36.0 Å². The van der Waals surface area contributed by atoms with E-state index in [1.54, 1.807) is 12.1 Å². The molecule has 2 heterocycles. The topological polar surface area (TPSA) is 50.8 Å². The van der Waals surface area contributed by atoms with E-state index in [0.717, 1.165) is 31.7 Å². The Morgan fingerprint density at radius 2 is 1.89 bits per heavy atom. The number of fused-ring (bicyclic) bond motifs is 1. The Kier molecular flexibility index (Phi) is 7.22. The summed E-state index contributed by atoms with van der Waals surface area (Å²) >= 11 is 0. The molecule has 152 valence electrons. The van der Waals surface area contributed by atoms with E-state index in [9.17, 15) is 18.0 Å². The summed E-state index contributed by atoms with van der Waals surface area (Å²) in [5.74, 6) is 1.52. The SMILES string of the molecule is COc1cc(CCC(=O)N2C[C@H]3CNC[C@H]3C2)ccc1OCC(F)(F)F.Cl. The van der Waals surface area contributed by atoms with Crippen LogP contribution in [0, 0.1) is 11.8 Å². The number of nitrogens with one attached hydrogen (secondary N) is 1. The molecule has 3 rings (SSSR count). The first-order valence-corrected chi connectivity index (χ1v) is 8.70. The van der Waals surface area contributed by atoms with Gasteiger partial charge in [0.15, 0.2) is 18.1 Å². The molecule has 1 amide bonds. The van der Waals surface area contributed by atoms with Gasteiger partial charge in [0.1, 0.15) is 0 Å². The van der Waals surface area contributed by atoms with Crippen LogP contribution in [0.3, 0.4) is 0 Å². The Balaban J connectivity index is 0.00000261. The van der Waals surface area contributed by atoms with E-state index in [0.29, 0.717) is 24.7 Å². The van der Waals surface area contributed by atoms with Crippen molar-refractivity contribution in [3.05, 3.63) is 23.8 Å². The van der Waals surface area contributed by atoms with Crippen molar-refractivity contribution in [1.29, 1.82) is 0 Å². The fourth-order valence-electron chi connectivity index (χ4n) is 3.61. The van der Waals surface area contributed by atoms with E-state index >= 15 is 0 Å². The summed E-state index contributed by atoms with van der Waals surface area (Å²) in [6.07, 6.45) is -3.52. The van der Waals surface area contributed by atoms with Crippen molar-refractivity contribution in [3.8, 4) is 11.5 Å². The van der Waals surface area contributed by atoms with Crippen LogP contribution < -0.4 is 14.8 Å². The first kappa shape index (κ1) is 21.6. The minimum Gasteiger partial charge on any atom is -0.493 e. The maximum atomic E-state index is 12.4. The number of benzene rings is 1. The zero-order valence-corrected chi connectivity index (χ0v) is 15.9. The molecule has 1 N–H and O–H groups in total. The number of carbonyl (C=O) groups is 1. The van der Waals surface area contributed by atoms with Gasteiger partial charge < -0.3 is 19.7 Å². The average Bonchev–Trinajstić information content (AvgIpc) is 3.19. The third-order valence-electron chi connectivity index (χ3n) is 4.99. The average molecular weight is 409 g/mol. The van der Waals surface area contributed by atoms with Crippen molar-refractivity contribution in [2.45, 2.75) is 19.0 Å². The highest BCUT2D eigenvalue weighted by molar-refractivity contribution is 5.85. The quantitative estimate of drug-likeness (QED) is 0.786. The van der Waals surface area contributed by atoms with Gasteiger partial charge in [-0.1, -0.05) is 6.07 Å². The second kappa shape index (κ2) is 9.01. The van der Waals surface area contributed by atoms with Crippen LogP contribution in [0.5, 0.6) is 11.5 Å². The van der Waals surface area contributed by atoms with Gasteiger partial charge >= 0.3 is 6.18 Å². The van der Waals surface area contributed by atoms with Gasteiger partial charge in [0.25, 0.3) is 0 Å². The van der Waals surface area contributed by atoms with Crippen molar-refractivity contribution < 1.29 is 27.4 Å². The molecule has 5 nitrogen and oxygen atoms in total. The predicted octanol–water partition coefficient (Wildman–Crippen LogP) is 2.67. The smallest absolute Gasteiger partial charge is 0.422 e. The zero-order chi connectivity index (χ0) is 18.7. The van der Waals surface area contributed by atoms with Gasteiger partial charge in [-0.2, -0.15) is 13.2 Å². The number of rotatable bonds is 6. The van der Waals surface area contributed by atoms with Crippen molar-refractivity contribution >= 4 is 18.3 Å². The fourth-order valence-corrected chi connectivity index (χ4v) is 3.61. The van der Waals surface area contributed by atoms with Crippen LogP contribution in [0.2, 0.25) is 0 Å². The highest BCUT2D eigenvalue weighted by atomic mass is 35.5. The Hall–Kier alpha value is -1.67. The van der Waals surface area contributed by atoms with Crippen LogP contribution in [-0.4, -0.2) is 56.9 Å². The summed E-state index contributed by atoms with van der Waals surface area (Å²) in [6.45, 7) is 2.21. The Morgan fingerprint density at radius 1 is 1.22 bits per heavy atom. The molecule has 2 aliphatic rings. The van der Waals surface area contributed by atoms with Gasteiger partial charge in [-0.25, -0.2) is 0 Å². The number of nitrogens with zero attached hydrogens (tertiary/aromatic N) is 1. The van der Waals surface area contributed by atoms with Crippen molar-refractivity contribution in [2.24, 2.45) is 11.8 Å². The minimum absolute atomic E-state index is 0. The number of alkyl halides is 3. The minimum atomic E-state index is -4.40. The van der Waals surface area contributed by atoms with Gasteiger partial charge in [-0.15, -0.1) is 12.4 Å². The Bertz CT molecular complexity index is 645. The maximum absolute atomic E-state index is 12.4. The van der Waals surface area contributed by atoms with Crippen LogP contribution in [0.25, 0.3) is 0 Å². The number of likely N-dealkylation sites (tertiary alicyclic amines) is 1. The van der Waals surface area contributed by atoms with Crippen LogP contribution in [0.1, 0.15) is 12.0 Å². The molecule has 2 saturated heterocycles. The lowest BCUT2D eigenvalue weighted by Crippen LogP contribution is -2.31. The number of hydrogen-bond acceptors (Lipinski definition) is 4. The molecule has 0 saturated carbocycles. The molecular formula is C18H24ClF3N2O3. The molecular weight excluding hydrogens is 385 g/mol. The number of amides is 1. The van der Waals surface area contributed by atoms with Gasteiger partial charge in [0.2, 0.25) is 5.91 Å². The number of hydrogen-bond donors (Lipinski definition) is 1. The second-order valence-corrected chi connectivity index (χ2v) is 6.87. The van der Waals surface area contributed by atoms with Crippen molar-refractivity contribution in [2.75, 3.05) is 39.9 Å². The third kappa shape index (κ3) is 5.65. The zero-order valence-electron chi connectivity index (χ0n) is 15.1. The lowest BCUT2D eigenvalue weighted by molar-refractivity contribution is -0.153. The van der Waals surface area contributed by atoms with E-state index in [-0.39, 0.29) is 29.8 Å². The number of aryl methyl sites for hydroxylation is 1. The van der Waals surface area contributed by atoms with E-state index in [1.165, 1.54) is 13.2 Å². The first-order valence-electron chi connectivity index (χ1n) is 8.70. The molecule has 27 heavy (non-hydrogen) atoms. The molecule has 0 spiro atoms. The monoisotopic (exact) mass is 408 g/mol. The third-order valence-corrected chi connectivity index (χ3v) is 4.99. The van der Waals surface area contributed by atoms with Gasteiger partial charge in [0, 0.05) is 32.6 Å². The van der Waals surface area contributed by atoms with Crippen molar-refractivity contribution in [1.82, 2.24) is 10.2 Å². The Labute approximate surface area is 162 Å². The van der Waals surface area contributed by atoms with Crippen LogP contribution in [0.4, 0.5) is 13.2 Å². The summed E-state index contributed by atoms with van der Waals surface area (Å²) in [5, 5.41) is 3.34. The molecule has 2 fully saturated rings. The summed E-state index contributed by atoms with van der Waals surface area (Å²) in [4.78, 5) is 14.3. The first-order chi connectivity index (χ1) is 12.4. The fraction of sp³-hybridized carbons (Fsp3) is 0.611. The summed E-state index contributed by atoms with van der Waals surface area (Å²) in [7, 11) is 1.38. The summed E-state index contributed by atoms with van der Waals surface area (Å²) in [5.41, 5.74) is 0.829. The lowest BCUT2D eigenvalue weighted by atomic mass is 10.0. The molecule has 0 bridgehead atoms. The predicted molar refractivity (Wildman–Crippen MR) is 96.5 cm³/mol. The van der Waals surface area contributed by atoms with Crippen LogP contribution in [0.15, 0.2) is 18.2 Å². The summed E-state index contributed by atoms with van der Waals surface area (Å²) < 4.78 is 46.7. The second-order valence-electron chi connectivity index (χ2n) is 6.87. The number of methoxy groups -OCH3 is 1. The van der Waals surface area contributed by atoms with E-state index < -0.39 is 12.8 Å². The molecule has 2 atom stereocenters. The molecule has 2 aliphatic heterocycles. The van der Waals surface area contributed by atoms with E-state index in [1.807, 2.05) is 4.90 Å².